The van der Waals surface area contributed by atoms with E-state index in [0.717, 1.165) is 22.3 Å². The van der Waals surface area contributed by atoms with Crippen LogP contribution in [0.2, 0.25) is 0 Å². The minimum atomic E-state index is -0.199. The van der Waals surface area contributed by atoms with Gasteiger partial charge in [-0.2, -0.15) is 15.5 Å². The lowest BCUT2D eigenvalue weighted by Gasteiger charge is -2.08. The SMILES string of the molecule is Cn1cc(-c2cc(-c3cc[nH]c(=O)c3)c3c(C#N)cnn3c2)cn1. The molecule has 0 saturated heterocycles. The molecule has 4 aromatic heterocycles. The van der Waals surface area contributed by atoms with Crippen LogP contribution >= 0.6 is 0 Å². The highest BCUT2D eigenvalue weighted by atomic mass is 16.1. The zero-order valence-electron chi connectivity index (χ0n) is 12.8. The molecule has 0 aliphatic heterocycles. The van der Waals surface area contributed by atoms with Crippen LogP contribution in [0.1, 0.15) is 5.56 Å². The molecule has 24 heavy (non-hydrogen) atoms. The number of nitriles is 1. The van der Waals surface area contributed by atoms with E-state index < -0.39 is 0 Å². The minimum Gasteiger partial charge on any atom is -0.329 e. The molecule has 4 aromatic rings. The average molecular weight is 316 g/mol. The van der Waals surface area contributed by atoms with Crippen molar-refractivity contribution in [1.82, 2.24) is 24.4 Å². The summed E-state index contributed by atoms with van der Waals surface area (Å²) in [5.41, 5.74) is 4.27. The number of rotatable bonds is 2. The fourth-order valence-electron chi connectivity index (χ4n) is 2.76. The number of H-pyrrole nitrogens is 1. The molecule has 0 atom stereocenters. The number of hydrogen-bond donors (Lipinski definition) is 1. The molecular formula is C17H12N6O. The Labute approximate surface area is 136 Å². The fourth-order valence-corrected chi connectivity index (χ4v) is 2.76. The molecule has 0 radical (unpaired) electrons. The number of hydrogen-bond acceptors (Lipinski definition) is 4. The van der Waals surface area contributed by atoms with Crippen LogP contribution in [0, 0.1) is 11.3 Å². The van der Waals surface area contributed by atoms with Crippen molar-refractivity contribution in [2.24, 2.45) is 7.05 Å². The van der Waals surface area contributed by atoms with Gasteiger partial charge < -0.3 is 4.98 Å². The maximum Gasteiger partial charge on any atom is 0.248 e. The second kappa shape index (κ2) is 5.21. The van der Waals surface area contributed by atoms with E-state index in [4.69, 9.17) is 0 Å². The molecule has 0 saturated carbocycles. The summed E-state index contributed by atoms with van der Waals surface area (Å²) in [7, 11) is 1.85. The van der Waals surface area contributed by atoms with Crippen LogP contribution in [0.3, 0.4) is 0 Å². The third-order valence-electron chi connectivity index (χ3n) is 3.86. The predicted molar refractivity (Wildman–Crippen MR) is 88.2 cm³/mol. The highest BCUT2D eigenvalue weighted by Crippen LogP contribution is 2.31. The van der Waals surface area contributed by atoms with Crippen LogP contribution in [0.4, 0.5) is 0 Å². The van der Waals surface area contributed by atoms with E-state index in [1.165, 1.54) is 12.3 Å². The lowest BCUT2D eigenvalue weighted by atomic mass is 10.0. The van der Waals surface area contributed by atoms with Gasteiger partial charge in [0.1, 0.15) is 6.07 Å². The van der Waals surface area contributed by atoms with Crippen molar-refractivity contribution in [3.63, 3.8) is 0 Å². The van der Waals surface area contributed by atoms with Crippen LogP contribution in [0.15, 0.2) is 54.0 Å². The lowest BCUT2D eigenvalue weighted by Crippen LogP contribution is -2.03. The van der Waals surface area contributed by atoms with Crippen molar-refractivity contribution in [3.8, 4) is 28.3 Å². The first-order valence-corrected chi connectivity index (χ1v) is 7.25. The number of nitrogens with one attached hydrogen (secondary N) is 1. The summed E-state index contributed by atoms with van der Waals surface area (Å²) in [5, 5.41) is 17.8. The Morgan fingerprint density at radius 3 is 2.71 bits per heavy atom. The fraction of sp³-hybridized carbons (Fsp3) is 0.0588. The van der Waals surface area contributed by atoms with Crippen LogP contribution in [0.25, 0.3) is 27.8 Å². The van der Waals surface area contributed by atoms with Gasteiger partial charge in [0.05, 0.1) is 23.5 Å². The Balaban J connectivity index is 2.07. The van der Waals surface area contributed by atoms with E-state index in [0.29, 0.717) is 11.1 Å². The Morgan fingerprint density at radius 1 is 1.12 bits per heavy atom. The quantitative estimate of drug-likeness (QED) is 0.612. The molecule has 1 N–H and O–H groups in total. The van der Waals surface area contributed by atoms with Crippen molar-refractivity contribution in [1.29, 1.82) is 5.26 Å². The van der Waals surface area contributed by atoms with Crippen molar-refractivity contribution in [3.05, 3.63) is 65.1 Å². The van der Waals surface area contributed by atoms with Crippen LogP contribution in [0.5, 0.6) is 0 Å². The smallest absolute Gasteiger partial charge is 0.248 e. The second-order valence-corrected chi connectivity index (χ2v) is 5.45. The molecule has 7 heteroatoms. The van der Waals surface area contributed by atoms with Gasteiger partial charge in [0.25, 0.3) is 0 Å². The summed E-state index contributed by atoms with van der Waals surface area (Å²) in [4.78, 5) is 14.3. The van der Waals surface area contributed by atoms with Crippen LogP contribution < -0.4 is 5.56 Å². The molecule has 4 heterocycles. The largest absolute Gasteiger partial charge is 0.329 e. The van der Waals surface area contributed by atoms with Gasteiger partial charge in [0, 0.05) is 48.4 Å². The first-order chi connectivity index (χ1) is 11.7. The molecule has 0 spiro atoms. The van der Waals surface area contributed by atoms with E-state index in [9.17, 15) is 10.1 Å². The van der Waals surface area contributed by atoms with Crippen molar-refractivity contribution >= 4 is 5.52 Å². The molecule has 0 bridgehead atoms. The molecular weight excluding hydrogens is 304 g/mol. The van der Waals surface area contributed by atoms with Gasteiger partial charge in [0.15, 0.2) is 0 Å². The summed E-state index contributed by atoms with van der Waals surface area (Å²) in [6.45, 7) is 0. The minimum absolute atomic E-state index is 0.199. The number of pyridine rings is 2. The van der Waals surface area contributed by atoms with Crippen molar-refractivity contribution < 1.29 is 0 Å². The lowest BCUT2D eigenvalue weighted by molar-refractivity contribution is 0.768. The van der Waals surface area contributed by atoms with Gasteiger partial charge in [-0.05, 0) is 17.7 Å². The first kappa shape index (κ1) is 14.0. The highest BCUT2D eigenvalue weighted by molar-refractivity contribution is 5.87. The van der Waals surface area contributed by atoms with Gasteiger partial charge in [-0.25, -0.2) is 4.52 Å². The predicted octanol–water partition coefficient (Wildman–Crippen LogP) is 1.96. The summed E-state index contributed by atoms with van der Waals surface area (Å²) >= 11 is 0. The number of nitrogens with zero attached hydrogens (tertiary/aromatic N) is 5. The molecule has 116 valence electrons. The average Bonchev–Trinajstić information content (AvgIpc) is 3.19. The number of fused-ring (bicyclic) bond motifs is 1. The highest BCUT2D eigenvalue weighted by Gasteiger charge is 2.14. The van der Waals surface area contributed by atoms with Gasteiger partial charge in [0.2, 0.25) is 5.56 Å². The second-order valence-electron chi connectivity index (χ2n) is 5.45. The molecule has 0 amide bonds. The monoisotopic (exact) mass is 316 g/mol. The zero-order chi connectivity index (χ0) is 16.7. The Kier molecular flexibility index (Phi) is 3.03. The van der Waals surface area contributed by atoms with Crippen LogP contribution in [-0.2, 0) is 7.05 Å². The van der Waals surface area contributed by atoms with E-state index >= 15 is 0 Å². The zero-order valence-corrected chi connectivity index (χ0v) is 12.8. The molecule has 0 aliphatic rings. The van der Waals surface area contributed by atoms with E-state index in [1.807, 2.05) is 25.5 Å². The van der Waals surface area contributed by atoms with Gasteiger partial charge in [-0.15, -0.1) is 0 Å². The standard InChI is InChI=1S/C17H12N6O/c1-22-9-14(8-20-22)12-4-15(11-2-3-19-16(24)5-11)17-13(6-18)7-21-23(17)10-12/h2-5,7-10H,1H3,(H,19,24). The Bertz CT molecular complexity index is 1160. The normalized spacial score (nSPS) is 10.8. The maximum absolute atomic E-state index is 11.7. The molecule has 0 fully saturated rings. The summed E-state index contributed by atoms with van der Waals surface area (Å²) in [5.74, 6) is 0. The number of aromatic nitrogens is 5. The Hall–Kier alpha value is -3.66. The third kappa shape index (κ3) is 2.18. The third-order valence-corrected chi connectivity index (χ3v) is 3.86. The first-order valence-electron chi connectivity index (χ1n) is 7.25. The molecule has 0 aliphatic carbocycles. The molecule has 4 rings (SSSR count). The van der Waals surface area contributed by atoms with Crippen LogP contribution in [-0.4, -0.2) is 24.4 Å². The van der Waals surface area contributed by atoms with Gasteiger partial charge in [-0.3, -0.25) is 9.48 Å². The summed E-state index contributed by atoms with van der Waals surface area (Å²) in [6, 6.07) is 7.41. The number of aryl methyl sites for hydroxylation is 1. The van der Waals surface area contributed by atoms with Gasteiger partial charge >= 0.3 is 0 Å². The van der Waals surface area contributed by atoms with E-state index in [-0.39, 0.29) is 5.56 Å². The maximum atomic E-state index is 11.7. The Morgan fingerprint density at radius 2 is 2.00 bits per heavy atom. The van der Waals surface area contributed by atoms with Gasteiger partial charge in [-0.1, -0.05) is 0 Å². The molecule has 0 unspecified atom stereocenters. The molecule has 0 aromatic carbocycles. The topological polar surface area (TPSA) is 91.8 Å². The molecule has 7 nitrogen and oxygen atoms in total. The van der Waals surface area contributed by atoms with E-state index in [1.54, 1.807) is 27.7 Å². The number of aromatic amines is 1. The summed E-state index contributed by atoms with van der Waals surface area (Å²) in [6.07, 6.45) is 8.63. The van der Waals surface area contributed by atoms with Crippen molar-refractivity contribution in [2.45, 2.75) is 0 Å². The van der Waals surface area contributed by atoms with E-state index in [2.05, 4.69) is 21.3 Å². The summed E-state index contributed by atoms with van der Waals surface area (Å²) < 4.78 is 3.38. The van der Waals surface area contributed by atoms with Crippen molar-refractivity contribution in [2.75, 3.05) is 0 Å².